The summed E-state index contributed by atoms with van der Waals surface area (Å²) in [6.07, 6.45) is -7.67. The Kier molecular flexibility index (Phi) is 4.28. The fourth-order valence-electron chi connectivity index (χ4n) is 9.32. The van der Waals surface area contributed by atoms with E-state index >= 15 is 0 Å². The van der Waals surface area contributed by atoms with Crippen LogP contribution in [0.2, 0.25) is 0 Å². The van der Waals surface area contributed by atoms with Gasteiger partial charge in [-0.3, -0.25) is 9.59 Å². The molecule has 2 saturated carbocycles. The number of carbonyl (C=O) groups excluding carboxylic acids is 3. The number of aliphatic hydroxyl groups is 4. The van der Waals surface area contributed by atoms with Crippen molar-refractivity contribution in [3.8, 4) is 0 Å². The lowest BCUT2D eigenvalue weighted by Crippen LogP contribution is -2.68. The predicted octanol–water partition coefficient (Wildman–Crippen LogP) is -0.724. The van der Waals surface area contributed by atoms with Crippen molar-refractivity contribution in [3.05, 3.63) is 0 Å². The zero-order chi connectivity index (χ0) is 25.9. The topological polar surface area (TPSA) is 169 Å². The average Bonchev–Trinajstić information content (AvgIpc) is 3.40. The van der Waals surface area contributed by atoms with Gasteiger partial charge in [-0.25, -0.2) is 4.79 Å². The molecule has 13 atom stereocenters. The first-order valence-electron chi connectivity index (χ1n) is 11.8. The summed E-state index contributed by atoms with van der Waals surface area (Å²) < 4.78 is 23.5. The van der Waals surface area contributed by atoms with Crippen molar-refractivity contribution >= 4 is 28.8 Å². The molecule has 0 bridgehead atoms. The Bertz CT molecular complexity index is 1070. The third kappa shape index (κ3) is 1.99. The SMILES string of the molecule is CC(=O)SC1(O)OC2O[C@@]34C(=O)OC5[C@H](C)C(C(C)(C)C)C2([C@H]1O)C53C(O)[C@@H]1OC(=O)[C@@H](C)[C@@]14O. The van der Waals surface area contributed by atoms with E-state index in [9.17, 15) is 34.8 Å². The number of rotatable bonds is 1. The van der Waals surface area contributed by atoms with Crippen LogP contribution in [0.4, 0.5) is 0 Å². The maximum Gasteiger partial charge on any atom is 0.342 e. The van der Waals surface area contributed by atoms with Gasteiger partial charge in [0.1, 0.15) is 18.3 Å². The molecule has 0 aromatic heterocycles. The summed E-state index contributed by atoms with van der Waals surface area (Å²) in [5.41, 5.74) is -8.84. The molecular weight excluding hydrogens is 484 g/mol. The van der Waals surface area contributed by atoms with Crippen LogP contribution in [0.25, 0.3) is 0 Å². The van der Waals surface area contributed by atoms with Crippen LogP contribution in [0.15, 0.2) is 0 Å². The Morgan fingerprint density at radius 1 is 1.03 bits per heavy atom. The van der Waals surface area contributed by atoms with Crippen LogP contribution in [0.3, 0.4) is 0 Å². The number of hydrogen-bond donors (Lipinski definition) is 4. The van der Waals surface area contributed by atoms with Crippen molar-refractivity contribution in [1.82, 2.24) is 0 Å². The minimum absolute atomic E-state index is 0.371. The quantitative estimate of drug-likeness (QED) is 0.256. The Balaban J connectivity index is 1.70. The Hall–Kier alpha value is -1.28. The lowest BCUT2D eigenvalue weighted by molar-refractivity contribution is -0.271. The van der Waals surface area contributed by atoms with E-state index in [1.807, 2.05) is 27.7 Å². The minimum Gasteiger partial charge on any atom is -0.459 e. The highest BCUT2D eigenvalue weighted by molar-refractivity contribution is 8.14. The molecule has 35 heavy (non-hydrogen) atoms. The zero-order valence-electron chi connectivity index (χ0n) is 20.2. The van der Waals surface area contributed by atoms with Crippen molar-refractivity contribution in [3.63, 3.8) is 0 Å². The van der Waals surface area contributed by atoms with Crippen LogP contribution in [0.1, 0.15) is 41.5 Å². The number of ether oxygens (including phenoxy) is 4. The Labute approximate surface area is 205 Å². The highest BCUT2D eigenvalue weighted by atomic mass is 32.2. The molecule has 2 spiro atoms. The van der Waals surface area contributed by atoms with Gasteiger partial charge in [0.15, 0.2) is 23.1 Å². The molecule has 4 aliphatic heterocycles. The summed E-state index contributed by atoms with van der Waals surface area (Å²) >= 11 is 0.371. The predicted molar refractivity (Wildman–Crippen MR) is 115 cm³/mol. The second kappa shape index (κ2) is 6.23. The van der Waals surface area contributed by atoms with E-state index in [0.717, 1.165) is 0 Å². The van der Waals surface area contributed by atoms with E-state index in [4.69, 9.17) is 18.9 Å². The summed E-state index contributed by atoms with van der Waals surface area (Å²) in [5.74, 6) is -4.16. The van der Waals surface area contributed by atoms with Gasteiger partial charge in [0.05, 0.1) is 16.7 Å². The molecule has 0 radical (unpaired) electrons. The third-order valence-corrected chi connectivity index (χ3v) is 10.7. The van der Waals surface area contributed by atoms with Gasteiger partial charge < -0.3 is 39.4 Å². The van der Waals surface area contributed by atoms with Crippen LogP contribution in [0, 0.1) is 34.0 Å². The van der Waals surface area contributed by atoms with Gasteiger partial charge in [0.2, 0.25) is 5.60 Å². The van der Waals surface area contributed by atoms with Gasteiger partial charge in [-0.15, -0.1) is 0 Å². The van der Waals surface area contributed by atoms with E-state index in [1.165, 1.54) is 13.8 Å². The Morgan fingerprint density at radius 2 is 1.66 bits per heavy atom. The molecule has 6 fully saturated rings. The number of aliphatic hydroxyl groups excluding tert-OH is 2. The number of hydrogen-bond acceptors (Lipinski definition) is 12. The fraction of sp³-hybridized carbons (Fsp3) is 0.870. The average molecular weight is 515 g/mol. The molecule has 7 unspecified atom stereocenters. The van der Waals surface area contributed by atoms with Crippen molar-refractivity contribution in [1.29, 1.82) is 0 Å². The molecule has 0 aromatic carbocycles. The summed E-state index contributed by atoms with van der Waals surface area (Å²) in [6.45, 7) is 10.1. The number of carbonyl (C=O) groups is 3. The van der Waals surface area contributed by atoms with Crippen LogP contribution in [0.5, 0.6) is 0 Å². The highest BCUT2D eigenvalue weighted by Crippen LogP contribution is 2.86. The van der Waals surface area contributed by atoms with Crippen LogP contribution >= 0.6 is 11.8 Å². The van der Waals surface area contributed by atoms with Crippen molar-refractivity contribution in [2.45, 2.75) is 88.6 Å². The maximum atomic E-state index is 13.7. The van der Waals surface area contributed by atoms with Crippen LogP contribution < -0.4 is 0 Å². The molecule has 4 saturated heterocycles. The minimum atomic E-state index is -2.45. The van der Waals surface area contributed by atoms with Gasteiger partial charge in [-0.05, 0) is 35.9 Å². The lowest BCUT2D eigenvalue weighted by atomic mass is 9.50. The zero-order valence-corrected chi connectivity index (χ0v) is 21.0. The van der Waals surface area contributed by atoms with Gasteiger partial charge in [0, 0.05) is 6.92 Å². The lowest BCUT2D eigenvalue weighted by Gasteiger charge is -2.49. The van der Waals surface area contributed by atoms with Crippen LogP contribution in [-0.2, 0) is 33.3 Å². The number of esters is 2. The summed E-state index contributed by atoms with van der Waals surface area (Å²) in [6, 6.07) is 0. The molecule has 2 aliphatic carbocycles. The molecule has 4 N–H and O–H groups in total. The van der Waals surface area contributed by atoms with Crippen molar-refractivity contribution in [2.75, 3.05) is 0 Å². The third-order valence-electron chi connectivity index (χ3n) is 9.77. The molecular formula is C23H30O11S. The van der Waals surface area contributed by atoms with Crippen molar-refractivity contribution in [2.24, 2.45) is 34.0 Å². The smallest absolute Gasteiger partial charge is 0.342 e. The van der Waals surface area contributed by atoms with Gasteiger partial charge in [-0.1, -0.05) is 27.7 Å². The van der Waals surface area contributed by atoms with E-state index in [2.05, 4.69) is 0 Å². The largest absolute Gasteiger partial charge is 0.459 e. The first-order valence-corrected chi connectivity index (χ1v) is 12.6. The Morgan fingerprint density at radius 3 is 2.23 bits per heavy atom. The van der Waals surface area contributed by atoms with Gasteiger partial charge in [0.25, 0.3) is 5.12 Å². The first kappa shape index (κ1) is 24.1. The summed E-state index contributed by atoms with van der Waals surface area (Å²) in [4.78, 5) is 38.3. The van der Waals surface area contributed by atoms with Crippen LogP contribution in [-0.4, -0.2) is 84.5 Å². The normalized spacial score (nSPS) is 59.7. The van der Waals surface area contributed by atoms with E-state index in [0.29, 0.717) is 11.8 Å². The molecule has 6 rings (SSSR count). The second-order valence-corrected chi connectivity index (χ2v) is 13.4. The van der Waals surface area contributed by atoms with Crippen molar-refractivity contribution < 1.29 is 53.8 Å². The molecule has 4 heterocycles. The summed E-state index contributed by atoms with van der Waals surface area (Å²) in [5, 5.41) is 44.4. The van der Waals surface area contributed by atoms with E-state index in [-0.39, 0.29) is 0 Å². The standard InChI is InChI=1S/C23H30O11S/c1-7-10(18(4,5)6)19-15(27)23(30,35-9(3)24)34-17(19)33-22-16(28)32-12(7)20(19,22)11(25)13-21(22,29)8(2)14(26)31-13/h7-8,10-13,15,17,25,27,29-30H,1-6H3/t7-,8-,10?,11?,12?,13+,15-,17?,19?,20?,21-,22+,23?/m1/s1. The van der Waals surface area contributed by atoms with E-state index < -0.39 is 98.1 Å². The molecule has 0 amide bonds. The molecule has 12 heteroatoms. The second-order valence-electron chi connectivity index (χ2n) is 12.1. The summed E-state index contributed by atoms with van der Waals surface area (Å²) in [7, 11) is 0. The highest BCUT2D eigenvalue weighted by Gasteiger charge is 3.05. The van der Waals surface area contributed by atoms with Gasteiger partial charge in [-0.2, -0.15) is 0 Å². The fourth-order valence-corrected chi connectivity index (χ4v) is 10.2. The number of fused-ring (bicyclic) bond motifs is 1. The first-order chi connectivity index (χ1) is 16.0. The molecule has 11 nitrogen and oxygen atoms in total. The molecule has 0 aromatic rings. The maximum absolute atomic E-state index is 13.7. The van der Waals surface area contributed by atoms with E-state index in [1.54, 1.807) is 0 Å². The molecule has 194 valence electrons. The molecule has 6 aliphatic rings. The number of thioether (sulfide) groups is 1. The monoisotopic (exact) mass is 514 g/mol. The van der Waals surface area contributed by atoms with Gasteiger partial charge >= 0.3 is 11.9 Å².